The van der Waals surface area contributed by atoms with E-state index in [0.717, 1.165) is 32.5 Å². The van der Waals surface area contributed by atoms with Crippen molar-refractivity contribution in [3.8, 4) is 5.75 Å². The van der Waals surface area contributed by atoms with Gasteiger partial charge in [-0.25, -0.2) is 0 Å². The molecular formula is C22H28ClNO3. The first-order chi connectivity index (χ1) is 13.1. The van der Waals surface area contributed by atoms with Crippen LogP contribution in [0, 0.1) is 6.92 Å². The molecule has 2 atom stereocenters. The largest absolute Gasteiger partial charge is 0.491 e. The number of aryl methyl sites for hydroxylation is 1. The van der Waals surface area contributed by atoms with E-state index in [1.807, 2.05) is 12.1 Å². The fraction of sp³-hybridized carbons (Fsp3) is 0.455. The summed E-state index contributed by atoms with van der Waals surface area (Å²) in [7, 11) is 0. The fourth-order valence-electron chi connectivity index (χ4n) is 3.42. The molecule has 0 amide bonds. The van der Waals surface area contributed by atoms with Crippen LogP contribution >= 0.6 is 11.6 Å². The molecule has 146 valence electrons. The van der Waals surface area contributed by atoms with E-state index in [2.05, 4.69) is 36.1 Å². The predicted octanol–water partition coefficient (Wildman–Crippen LogP) is 4.07. The minimum atomic E-state index is -0.577. The number of benzene rings is 2. The van der Waals surface area contributed by atoms with Crippen LogP contribution in [0.25, 0.3) is 0 Å². The van der Waals surface area contributed by atoms with E-state index in [-0.39, 0.29) is 12.7 Å². The number of halogens is 1. The minimum Gasteiger partial charge on any atom is -0.491 e. The van der Waals surface area contributed by atoms with Gasteiger partial charge < -0.3 is 14.6 Å². The molecule has 2 aromatic carbocycles. The quantitative estimate of drug-likeness (QED) is 0.702. The first-order valence-corrected chi connectivity index (χ1v) is 9.92. The lowest BCUT2D eigenvalue weighted by Crippen LogP contribution is -2.39. The molecule has 0 saturated carbocycles. The standard InChI is InChI=1S/C22H28ClNO3/c1-17-4-2-5-18(12-17)13-24(15-22-6-3-11-26-22)14-20(25)16-27-21-9-7-19(23)8-10-21/h2,4-5,7-10,12,20,22,25H,3,6,11,13-16H2,1H3/t20-,22+/m1/s1. The summed E-state index contributed by atoms with van der Waals surface area (Å²) >= 11 is 5.89. The number of hydrogen-bond donors (Lipinski definition) is 1. The van der Waals surface area contributed by atoms with Crippen LogP contribution in [0.1, 0.15) is 24.0 Å². The monoisotopic (exact) mass is 389 g/mol. The van der Waals surface area contributed by atoms with Crippen LogP contribution in [0.3, 0.4) is 0 Å². The van der Waals surface area contributed by atoms with Crippen molar-refractivity contribution >= 4 is 11.6 Å². The predicted molar refractivity (Wildman–Crippen MR) is 108 cm³/mol. The minimum absolute atomic E-state index is 0.247. The average molecular weight is 390 g/mol. The number of ether oxygens (including phenoxy) is 2. The van der Waals surface area contributed by atoms with Gasteiger partial charge >= 0.3 is 0 Å². The molecule has 0 spiro atoms. The van der Waals surface area contributed by atoms with Crippen LogP contribution in [-0.2, 0) is 11.3 Å². The van der Waals surface area contributed by atoms with Crippen molar-refractivity contribution < 1.29 is 14.6 Å². The summed E-state index contributed by atoms with van der Waals surface area (Å²) in [6.07, 6.45) is 1.87. The Hall–Kier alpha value is -1.59. The lowest BCUT2D eigenvalue weighted by atomic mass is 10.1. The van der Waals surface area contributed by atoms with E-state index in [4.69, 9.17) is 21.1 Å². The Morgan fingerprint density at radius 2 is 2.07 bits per heavy atom. The average Bonchev–Trinajstić information content (AvgIpc) is 3.14. The molecule has 2 aromatic rings. The Bertz CT molecular complexity index is 701. The maximum atomic E-state index is 10.5. The van der Waals surface area contributed by atoms with Crippen molar-refractivity contribution in [2.24, 2.45) is 0 Å². The molecule has 1 aliphatic heterocycles. The van der Waals surface area contributed by atoms with Crippen LogP contribution in [0.5, 0.6) is 5.75 Å². The molecule has 0 unspecified atom stereocenters. The molecule has 1 aliphatic rings. The van der Waals surface area contributed by atoms with E-state index in [0.29, 0.717) is 17.3 Å². The van der Waals surface area contributed by atoms with Crippen LogP contribution in [0.2, 0.25) is 5.02 Å². The smallest absolute Gasteiger partial charge is 0.119 e. The number of aliphatic hydroxyl groups is 1. The zero-order valence-electron chi connectivity index (χ0n) is 15.8. The normalized spacial score (nSPS) is 18.0. The Morgan fingerprint density at radius 1 is 1.26 bits per heavy atom. The van der Waals surface area contributed by atoms with Crippen molar-refractivity contribution in [1.82, 2.24) is 4.90 Å². The Kier molecular flexibility index (Phi) is 7.53. The van der Waals surface area contributed by atoms with Crippen LogP contribution < -0.4 is 4.74 Å². The number of rotatable bonds is 9. The van der Waals surface area contributed by atoms with Gasteiger partial charge in [0.25, 0.3) is 0 Å². The van der Waals surface area contributed by atoms with E-state index in [1.165, 1.54) is 11.1 Å². The van der Waals surface area contributed by atoms with E-state index in [9.17, 15) is 5.11 Å². The van der Waals surface area contributed by atoms with E-state index in [1.54, 1.807) is 12.1 Å². The van der Waals surface area contributed by atoms with Crippen molar-refractivity contribution in [2.45, 2.75) is 38.5 Å². The van der Waals surface area contributed by atoms with Gasteiger partial charge in [0.15, 0.2) is 0 Å². The Morgan fingerprint density at radius 3 is 2.78 bits per heavy atom. The maximum Gasteiger partial charge on any atom is 0.119 e. The molecule has 0 aromatic heterocycles. The van der Waals surface area contributed by atoms with Gasteiger partial charge in [-0.15, -0.1) is 0 Å². The highest BCUT2D eigenvalue weighted by Crippen LogP contribution is 2.18. The molecule has 1 N–H and O–H groups in total. The van der Waals surface area contributed by atoms with E-state index >= 15 is 0 Å². The third kappa shape index (κ3) is 6.82. The van der Waals surface area contributed by atoms with E-state index < -0.39 is 6.10 Å². The van der Waals surface area contributed by atoms with Crippen molar-refractivity contribution in [3.63, 3.8) is 0 Å². The third-order valence-corrected chi connectivity index (χ3v) is 4.95. The summed E-state index contributed by atoms with van der Waals surface area (Å²) in [6, 6.07) is 15.7. The molecule has 1 saturated heterocycles. The Labute approximate surface area is 166 Å². The maximum absolute atomic E-state index is 10.5. The molecule has 3 rings (SSSR count). The summed E-state index contributed by atoms with van der Waals surface area (Å²) < 4.78 is 11.5. The lowest BCUT2D eigenvalue weighted by molar-refractivity contribution is 0.0313. The van der Waals surface area contributed by atoms with Gasteiger partial charge in [-0.2, -0.15) is 0 Å². The third-order valence-electron chi connectivity index (χ3n) is 4.70. The molecule has 0 radical (unpaired) electrons. The number of aliphatic hydroxyl groups excluding tert-OH is 1. The second kappa shape index (κ2) is 10.1. The summed E-state index contributed by atoms with van der Waals surface area (Å²) in [5.41, 5.74) is 2.50. The molecular weight excluding hydrogens is 362 g/mol. The first kappa shape index (κ1) is 20.2. The van der Waals surface area contributed by atoms with Crippen molar-refractivity contribution in [1.29, 1.82) is 0 Å². The molecule has 1 heterocycles. The molecule has 0 bridgehead atoms. The van der Waals surface area contributed by atoms with Crippen LogP contribution in [0.4, 0.5) is 0 Å². The molecule has 0 aliphatic carbocycles. The topological polar surface area (TPSA) is 41.9 Å². The van der Waals surface area contributed by atoms with Gasteiger partial charge in [0, 0.05) is 31.3 Å². The number of hydrogen-bond acceptors (Lipinski definition) is 4. The highest BCUT2D eigenvalue weighted by molar-refractivity contribution is 6.30. The second-order valence-electron chi connectivity index (χ2n) is 7.24. The number of nitrogens with zero attached hydrogens (tertiary/aromatic N) is 1. The van der Waals surface area contributed by atoms with Crippen LogP contribution in [0.15, 0.2) is 48.5 Å². The van der Waals surface area contributed by atoms with Gasteiger partial charge in [-0.3, -0.25) is 4.90 Å². The first-order valence-electron chi connectivity index (χ1n) is 9.54. The van der Waals surface area contributed by atoms with Gasteiger partial charge in [0.05, 0.1) is 6.10 Å². The molecule has 4 nitrogen and oxygen atoms in total. The highest BCUT2D eigenvalue weighted by Gasteiger charge is 2.21. The van der Waals surface area contributed by atoms with Crippen molar-refractivity contribution in [2.75, 3.05) is 26.3 Å². The van der Waals surface area contributed by atoms with Gasteiger partial charge in [-0.05, 0) is 49.6 Å². The molecule has 27 heavy (non-hydrogen) atoms. The Balaban J connectivity index is 1.56. The van der Waals surface area contributed by atoms with Gasteiger partial charge in [0.1, 0.15) is 18.5 Å². The van der Waals surface area contributed by atoms with Crippen molar-refractivity contribution in [3.05, 3.63) is 64.7 Å². The zero-order chi connectivity index (χ0) is 19.1. The second-order valence-corrected chi connectivity index (χ2v) is 7.67. The molecule has 5 heteroatoms. The SMILES string of the molecule is Cc1cccc(CN(C[C@@H](O)COc2ccc(Cl)cc2)C[C@@H]2CCCO2)c1. The van der Waals surface area contributed by atoms with Gasteiger partial charge in [-0.1, -0.05) is 41.4 Å². The highest BCUT2D eigenvalue weighted by atomic mass is 35.5. The lowest BCUT2D eigenvalue weighted by Gasteiger charge is -2.27. The summed E-state index contributed by atoms with van der Waals surface area (Å²) in [4.78, 5) is 2.26. The summed E-state index contributed by atoms with van der Waals surface area (Å²) in [6.45, 7) is 5.35. The fourth-order valence-corrected chi connectivity index (χ4v) is 3.55. The molecule has 1 fully saturated rings. The zero-order valence-corrected chi connectivity index (χ0v) is 16.6. The summed E-state index contributed by atoms with van der Waals surface area (Å²) in [5, 5.41) is 11.2. The van der Waals surface area contributed by atoms with Gasteiger partial charge in [0.2, 0.25) is 0 Å². The van der Waals surface area contributed by atoms with Crippen LogP contribution in [-0.4, -0.2) is 48.5 Å². The summed E-state index contributed by atoms with van der Waals surface area (Å²) in [5.74, 6) is 0.711.